The Morgan fingerprint density at radius 1 is 0.895 bits per heavy atom. The van der Waals surface area contributed by atoms with Gasteiger partial charge in [0.05, 0.1) is 0 Å². The predicted octanol–water partition coefficient (Wildman–Crippen LogP) is 5.78. The minimum absolute atomic E-state index is 0.315. The van der Waals surface area contributed by atoms with Gasteiger partial charge >= 0.3 is 0 Å². The van der Waals surface area contributed by atoms with E-state index in [1.54, 1.807) is 20.9 Å². The van der Waals surface area contributed by atoms with Crippen molar-refractivity contribution in [3.8, 4) is 0 Å². The van der Waals surface area contributed by atoms with Crippen molar-refractivity contribution in [1.29, 1.82) is 0 Å². The van der Waals surface area contributed by atoms with E-state index in [1.807, 2.05) is 0 Å². The molecule has 0 nitrogen and oxygen atoms in total. The summed E-state index contributed by atoms with van der Waals surface area (Å²) in [7, 11) is 0. The monoisotopic (exact) mass is 276 g/mol. The first-order valence-electron chi connectivity index (χ1n) is 7.86. The molecule has 19 heavy (non-hydrogen) atoms. The molecule has 2 atom stereocenters. The van der Waals surface area contributed by atoms with E-state index in [1.165, 1.54) is 25.7 Å². The van der Waals surface area contributed by atoms with Crippen LogP contribution in [0.4, 0.5) is 0 Å². The molecule has 106 valence electrons. The van der Waals surface area contributed by atoms with Crippen LogP contribution in [0.2, 0.25) is 0 Å². The Kier molecular flexibility index (Phi) is 2.95. The van der Waals surface area contributed by atoms with Crippen molar-refractivity contribution in [2.24, 2.45) is 5.92 Å². The van der Waals surface area contributed by atoms with Crippen LogP contribution in [0, 0.1) is 5.92 Å². The SMILES string of the molecule is CC(C)(C)c1sc(C(C)(C)C)c2c1CC1CCCC21. The van der Waals surface area contributed by atoms with Crippen LogP contribution >= 0.6 is 11.3 Å². The van der Waals surface area contributed by atoms with Crippen LogP contribution in [-0.2, 0) is 17.3 Å². The molecule has 2 unspecified atom stereocenters. The van der Waals surface area contributed by atoms with Crippen LogP contribution in [0.5, 0.6) is 0 Å². The van der Waals surface area contributed by atoms with Gasteiger partial charge in [0.2, 0.25) is 0 Å². The lowest BCUT2D eigenvalue weighted by molar-refractivity contribution is 0.512. The van der Waals surface area contributed by atoms with Gasteiger partial charge < -0.3 is 0 Å². The Morgan fingerprint density at radius 3 is 2.11 bits per heavy atom. The zero-order valence-electron chi connectivity index (χ0n) is 13.4. The maximum atomic E-state index is 2.40. The third-order valence-corrected chi connectivity index (χ3v) is 7.01. The normalized spacial score (nSPS) is 26.6. The van der Waals surface area contributed by atoms with Gasteiger partial charge in [0, 0.05) is 9.75 Å². The second-order valence-electron chi connectivity index (χ2n) is 8.65. The number of thiophene rings is 1. The summed E-state index contributed by atoms with van der Waals surface area (Å²) in [5.74, 6) is 1.87. The topological polar surface area (TPSA) is 0 Å². The fourth-order valence-corrected chi connectivity index (χ4v) is 5.68. The van der Waals surface area contributed by atoms with E-state index in [9.17, 15) is 0 Å². The van der Waals surface area contributed by atoms with E-state index in [-0.39, 0.29) is 0 Å². The molecule has 2 aliphatic carbocycles. The van der Waals surface area contributed by atoms with Gasteiger partial charge in [-0.1, -0.05) is 48.0 Å². The van der Waals surface area contributed by atoms with E-state index in [0.29, 0.717) is 10.8 Å². The van der Waals surface area contributed by atoms with E-state index in [2.05, 4.69) is 52.9 Å². The maximum Gasteiger partial charge on any atom is 0.0140 e. The Balaban J connectivity index is 2.18. The van der Waals surface area contributed by atoms with Crippen LogP contribution in [0.25, 0.3) is 0 Å². The predicted molar refractivity (Wildman–Crippen MR) is 85.5 cm³/mol. The molecule has 0 bridgehead atoms. The Labute approximate surface area is 122 Å². The van der Waals surface area contributed by atoms with Crippen molar-refractivity contribution < 1.29 is 0 Å². The molecule has 0 amide bonds. The lowest BCUT2D eigenvalue weighted by Gasteiger charge is -2.22. The molecule has 0 radical (unpaired) electrons. The highest BCUT2D eigenvalue weighted by atomic mass is 32.1. The third kappa shape index (κ3) is 2.09. The van der Waals surface area contributed by atoms with Gasteiger partial charge in [-0.3, -0.25) is 0 Å². The highest BCUT2D eigenvalue weighted by Crippen LogP contribution is 2.56. The van der Waals surface area contributed by atoms with Crippen LogP contribution in [0.3, 0.4) is 0 Å². The zero-order valence-corrected chi connectivity index (χ0v) is 14.2. The Morgan fingerprint density at radius 2 is 1.53 bits per heavy atom. The number of fused-ring (bicyclic) bond motifs is 3. The molecule has 3 rings (SSSR count). The quantitative estimate of drug-likeness (QED) is 0.563. The Hall–Kier alpha value is -0.300. The van der Waals surface area contributed by atoms with Crippen LogP contribution in [0.15, 0.2) is 0 Å². The van der Waals surface area contributed by atoms with Crippen molar-refractivity contribution in [3.05, 3.63) is 20.9 Å². The van der Waals surface area contributed by atoms with E-state index < -0.39 is 0 Å². The molecular weight excluding hydrogens is 248 g/mol. The minimum atomic E-state index is 0.315. The molecule has 1 saturated carbocycles. The highest BCUT2D eigenvalue weighted by molar-refractivity contribution is 7.12. The Bertz CT molecular complexity index is 493. The molecule has 1 aromatic rings. The standard InChI is InChI=1S/C18H28S/c1-17(2,3)15-13-10-11-8-7-9-12(11)14(13)16(19-15)18(4,5)6/h11-12H,7-10H2,1-6H3. The summed E-state index contributed by atoms with van der Waals surface area (Å²) >= 11 is 2.12. The average molecular weight is 276 g/mol. The van der Waals surface area contributed by atoms with Crippen molar-refractivity contribution in [3.63, 3.8) is 0 Å². The number of hydrogen-bond acceptors (Lipinski definition) is 1. The van der Waals surface area contributed by atoms with Crippen molar-refractivity contribution in [1.82, 2.24) is 0 Å². The lowest BCUT2D eigenvalue weighted by atomic mass is 9.85. The first kappa shape index (κ1) is 13.7. The van der Waals surface area contributed by atoms with Gasteiger partial charge in [-0.25, -0.2) is 0 Å². The van der Waals surface area contributed by atoms with E-state index >= 15 is 0 Å². The second kappa shape index (κ2) is 4.10. The minimum Gasteiger partial charge on any atom is -0.144 e. The summed E-state index contributed by atoms with van der Waals surface area (Å²) < 4.78 is 0. The molecule has 2 aliphatic rings. The van der Waals surface area contributed by atoms with Crippen LogP contribution in [-0.4, -0.2) is 0 Å². The van der Waals surface area contributed by atoms with Crippen molar-refractivity contribution in [2.45, 2.75) is 84.0 Å². The summed E-state index contributed by atoms with van der Waals surface area (Å²) in [5.41, 5.74) is 4.19. The molecule has 1 fully saturated rings. The fourth-order valence-electron chi connectivity index (χ4n) is 4.16. The summed E-state index contributed by atoms with van der Waals surface area (Å²) in [6.07, 6.45) is 5.75. The molecule has 1 heterocycles. The van der Waals surface area contributed by atoms with Crippen LogP contribution < -0.4 is 0 Å². The van der Waals surface area contributed by atoms with E-state index in [0.717, 1.165) is 11.8 Å². The molecular formula is C18H28S. The first-order valence-corrected chi connectivity index (χ1v) is 8.68. The smallest absolute Gasteiger partial charge is 0.0140 e. The molecule has 1 heteroatoms. The number of hydrogen-bond donors (Lipinski definition) is 0. The molecule has 0 aromatic carbocycles. The zero-order chi connectivity index (χ0) is 14.0. The molecule has 0 saturated heterocycles. The number of rotatable bonds is 0. The first-order chi connectivity index (χ1) is 8.69. The summed E-state index contributed by atoms with van der Waals surface area (Å²) in [6.45, 7) is 14.4. The third-order valence-electron chi connectivity index (χ3n) is 4.91. The summed E-state index contributed by atoms with van der Waals surface area (Å²) in [6, 6.07) is 0. The maximum absolute atomic E-state index is 2.40. The van der Waals surface area contributed by atoms with Crippen molar-refractivity contribution in [2.75, 3.05) is 0 Å². The second-order valence-corrected chi connectivity index (χ2v) is 9.67. The van der Waals surface area contributed by atoms with Gasteiger partial charge in [0.15, 0.2) is 0 Å². The molecule has 0 aliphatic heterocycles. The molecule has 0 N–H and O–H groups in total. The summed E-state index contributed by atoms with van der Waals surface area (Å²) in [5, 5.41) is 0. The largest absolute Gasteiger partial charge is 0.144 e. The fraction of sp³-hybridized carbons (Fsp3) is 0.778. The van der Waals surface area contributed by atoms with Crippen LogP contribution in [0.1, 0.15) is 87.6 Å². The summed E-state index contributed by atoms with van der Waals surface area (Å²) in [4.78, 5) is 3.38. The van der Waals surface area contributed by atoms with Crippen molar-refractivity contribution >= 4 is 11.3 Å². The van der Waals surface area contributed by atoms with Gasteiger partial charge in [0.25, 0.3) is 0 Å². The van der Waals surface area contributed by atoms with Gasteiger partial charge in [0.1, 0.15) is 0 Å². The van der Waals surface area contributed by atoms with E-state index in [4.69, 9.17) is 0 Å². The highest BCUT2D eigenvalue weighted by Gasteiger charge is 2.43. The average Bonchev–Trinajstić information content (AvgIpc) is 2.80. The molecule has 1 aromatic heterocycles. The van der Waals surface area contributed by atoms with Gasteiger partial charge in [-0.05, 0) is 53.1 Å². The lowest BCUT2D eigenvalue weighted by Crippen LogP contribution is -2.13. The molecule has 0 spiro atoms. The van der Waals surface area contributed by atoms with Gasteiger partial charge in [-0.2, -0.15) is 0 Å². The van der Waals surface area contributed by atoms with Gasteiger partial charge in [-0.15, -0.1) is 11.3 Å².